The minimum Gasteiger partial charge on any atom is -0.454 e. The van der Waals surface area contributed by atoms with Crippen molar-refractivity contribution < 1.29 is 14.0 Å². The number of anilines is 1. The Hall–Kier alpha value is -2.39. The van der Waals surface area contributed by atoms with E-state index in [0.717, 1.165) is 34.2 Å². The second kappa shape index (κ2) is 7.56. The number of nitrogens with one attached hydrogen (secondary N) is 1. The predicted octanol–water partition coefficient (Wildman–Crippen LogP) is 3.82. The molecular formula is C19H19BrN4O3S. The molecule has 3 aromatic rings. The van der Waals surface area contributed by atoms with Gasteiger partial charge in [-0.15, -0.1) is 11.3 Å². The minimum atomic E-state index is -0.508. The predicted molar refractivity (Wildman–Crippen MR) is 110 cm³/mol. The average molecular weight is 463 g/mol. The van der Waals surface area contributed by atoms with Gasteiger partial charge in [-0.25, -0.2) is 0 Å². The molecule has 0 bridgehead atoms. The van der Waals surface area contributed by atoms with Crippen LogP contribution >= 0.6 is 27.3 Å². The number of carbonyl (C=O) groups is 2. The third-order valence-electron chi connectivity index (χ3n) is 4.79. The summed E-state index contributed by atoms with van der Waals surface area (Å²) in [5, 5.41) is 7.49. The van der Waals surface area contributed by atoms with Gasteiger partial charge in [-0.3, -0.25) is 14.3 Å². The van der Waals surface area contributed by atoms with Crippen molar-refractivity contribution in [2.75, 3.05) is 5.32 Å². The van der Waals surface area contributed by atoms with Gasteiger partial charge in [0.15, 0.2) is 5.76 Å². The topological polar surface area (TPSA) is 103 Å². The van der Waals surface area contributed by atoms with Crippen LogP contribution in [0.5, 0.6) is 0 Å². The van der Waals surface area contributed by atoms with E-state index in [1.54, 1.807) is 23.0 Å². The summed E-state index contributed by atoms with van der Waals surface area (Å²) in [7, 11) is 0. The van der Waals surface area contributed by atoms with Crippen LogP contribution in [-0.2, 0) is 19.4 Å². The molecule has 2 amide bonds. The van der Waals surface area contributed by atoms with Crippen LogP contribution in [0.1, 0.15) is 50.5 Å². The standard InChI is InChI=1S/C19H19BrN4O3S/c1-10-2-4-13-15(6-10)28-19(16(13)17(21)25)23-18(26)14-5-3-12(27-14)9-24-8-11(20)7-22-24/h3,5,7-8,10H,2,4,6,9H2,1H3,(H2,21,25)(H,23,26)/t10-/m1/s1. The van der Waals surface area contributed by atoms with Gasteiger partial charge in [0.1, 0.15) is 10.8 Å². The summed E-state index contributed by atoms with van der Waals surface area (Å²) in [5.41, 5.74) is 7.02. The molecule has 0 unspecified atom stereocenters. The number of nitrogens with two attached hydrogens (primary N) is 1. The van der Waals surface area contributed by atoms with Crippen LogP contribution < -0.4 is 11.1 Å². The molecule has 0 fully saturated rings. The summed E-state index contributed by atoms with van der Waals surface area (Å²) in [4.78, 5) is 25.8. The number of amides is 2. The molecule has 0 saturated carbocycles. The normalized spacial score (nSPS) is 16.0. The fourth-order valence-electron chi connectivity index (χ4n) is 3.43. The molecule has 28 heavy (non-hydrogen) atoms. The van der Waals surface area contributed by atoms with Crippen molar-refractivity contribution in [1.82, 2.24) is 9.78 Å². The first-order valence-corrected chi connectivity index (χ1v) is 10.5. The molecule has 3 N–H and O–H groups in total. The second-order valence-electron chi connectivity index (χ2n) is 7.00. The highest BCUT2D eigenvalue weighted by molar-refractivity contribution is 9.10. The summed E-state index contributed by atoms with van der Waals surface area (Å²) in [6.07, 6.45) is 6.23. The number of furan rings is 1. The Kier molecular flexibility index (Phi) is 5.11. The maximum absolute atomic E-state index is 12.7. The van der Waals surface area contributed by atoms with Crippen LogP contribution in [-0.4, -0.2) is 21.6 Å². The highest BCUT2D eigenvalue weighted by Gasteiger charge is 2.27. The second-order valence-corrected chi connectivity index (χ2v) is 9.02. The van der Waals surface area contributed by atoms with Gasteiger partial charge in [-0.2, -0.15) is 5.10 Å². The van der Waals surface area contributed by atoms with Gasteiger partial charge in [0.2, 0.25) is 0 Å². The number of fused-ring (bicyclic) bond motifs is 1. The number of halogens is 1. The lowest BCUT2D eigenvalue weighted by Crippen LogP contribution is -2.19. The lowest BCUT2D eigenvalue weighted by molar-refractivity contribution is 0.0995. The fourth-order valence-corrected chi connectivity index (χ4v) is 5.17. The molecule has 1 aliphatic rings. The SMILES string of the molecule is C[C@@H]1CCc2c(sc(NC(=O)c3ccc(Cn4cc(Br)cn4)o3)c2C(N)=O)C1. The Balaban J connectivity index is 1.53. The number of aromatic nitrogens is 2. The summed E-state index contributed by atoms with van der Waals surface area (Å²) < 4.78 is 8.22. The summed E-state index contributed by atoms with van der Waals surface area (Å²) in [6.45, 7) is 2.60. The van der Waals surface area contributed by atoms with Crippen LogP contribution in [0.2, 0.25) is 0 Å². The first-order valence-electron chi connectivity index (χ1n) is 8.93. The van der Waals surface area contributed by atoms with Crippen molar-refractivity contribution in [1.29, 1.82) is 0 Å². The zero-order valence-corrected chi connectivity index (χ0v) is 17.6. The van der Waals surface area contributed by atoms with Crippen molar-refractivity contribution in [3.63, 3.8) is 0 Å². The van der Waals surface area contributed by atoms with Crippen LogP contribution in [0.15, 0.2) is 33.4 Å². The monoisotopic (exact) mass is 462 g/mol. The quantitative estimate of drug-likeness (QED) is 0.600. The van der Waals surface area contributed by atoms with E-state index >= 15 is 0 Å². The van der Waals surface area contributed by atoms with Crippen molar-refractivity contribution in [2.24, 2.45) is 11.7 Å². The van der Waals surface area contributed by atoms with Crippen LogP contribution in [0.3, 0.4) is 0 Å². The van der Waals surface area contributed by atoms with Crippen molar-refractivity contribution >= 4 is 44.1 Å². The zero-order chi connectivity index (χ0) is 19.8. The van der Waals surface area contributed by atoms with Crippen molar-refractivity contribution in [2.45, 2.75) is 32.7 Å². The van der Waals surface area contributed by atoms with Crippen LogP contribution in [0.4, 0.5) is 5.00 Å². The smallest absolute Gasteiger partial charge is 0.291 e. The van der Waals surface area contributed by atoms with Crippen molar-refractivity contribution in [3.8, 4) is 0 Å². The van der Waals surface area contributed by atoms with Crippen LogP contribution in [0.25, 0.3) is 0 Å². The first kappa shape index (κ1) is 18.9. The van der Waals surface area contributed by atoms with Crippen LogP contribution in [0, 0.1) is 5.92 Å². The van der Waals surface area contributed by atoms with E-state index in [2.05, 4.69) is 33.3 Å². The molecule has 0 saturated heterocycles. The van der Waals surface area contributed by atoms with Gasteiger partial charge >= 0.3 is 0 Å². The number of carbonyl (C=O) groups excluding carboxylic acids is 2. The maximum Gasteiger partial charge on any atom is 0.291 e. The summed E-state index contributed by atoms with van der Waals surface area (Å²) in [6, 6.07) is 3.35. The maximum atomic E-state index is 12.7. The van der Waals surface area contributed by atoms with E-state index in [0.29, 0.717) is 28.8 Å². The third kappa shape index (κ3) is 3.77. The Morgan fingerprint density at radius 1 is 1.46 bits per heavy atom. The molecule has 7 nitrogen and oxygen atoms in total. The number of nitrogens with zero attached hydrogens (tertiary/aromatic N) is 2. The summed E-state index contributed by atoms with van der Waals surface area (Å²) >= 11 is 4.78. The lowest BCUT2D eigenvalue weighted by Gasteiger charge is -2.18. The van der Waals surface area contributed by atoms with Gasteiger partial charge in [-0.05, 0) is 58.8 Å². The molecule has 146 valence electrons. The molecule has 0 radical (unpaired) electrons. The lowest BCUT2D eigenvalue weighted by atomic mass is 9.88. The van der Waals surface area contributed by atoms with Crippen molar-refractivity contribution in [3.05, 3.63) is 56.5 Å². The van der Waals surface area contributed by atoms with Gasteiger partial charge < -0.3 is 15.5 Å². The Morgan fingerprint density at radius 3 is 3.00 bits per heavy atom. The van der Waals surface area contributed by atoms with E-state index in [1.165, 1.54) is 11.3 Å². The molecular weight excluding hydrogens is 444 g/mol. The molecule has 0 spiro atoms. The molecule has 0 aromatic carbocycles. The Bertz CT molecular complexity index is 1050. The average Bonchev–Trinajstić information content (AvgIpc) is 3.33. The molecule has 3 heterocycles. The van der Waals surface area contributed by atoms with E-state index < -0.39 is 11.8 Å². The van der Waals surface area contributed by atoms with E-state index in [1.807, 2.05) is 6.20 Å². The van der Waals surface area contributed by atoms with E-state index in [-0.39, 0.29) is 5.76 Å². The van der Waals surface area contributed by atoms with Gasteiger partial charge in [0.05, 0.1) is 22.8 Å². The molecule has 0 aliphatic heterocycles. The van der Waals surface area contributed by atoms with Gasteiger partial charge in [0.25, 0.3) is 11.8 Å². The fraction of sp³-hybridized carbons (Fsp3) is 0.316. The van der Waals surface area contributed by atoms with E-state index in [9.17, 15) is 9.59 Å². The molecule has 1 aliphatic carbocycles. The highest BCUT2D eigenvalue weighted by atomic mass is 79.9. The first-order chi connectivity index (χ1) is 13.4. The zero-order valence-electron chi connectivity index (χ0n) is 15.2. The number of hydrogen-bond acceptors (Lipinski definition) is 5. The number of hydrogen-bond donors (Lipinski definition) is 2. The largest absolute Gasteiger partial charge is 0.454 e. The Labute approximate surface area is 174 Å². The number of primary amides is 1. The van der Waals surface area contributed by atoms with E-state index in [4.69, 9.17) is 10.2 Å². The molecule has 1 atom stereocenters. The molecule has 9 heteroatoms. The third-order valence-corrected chi connectivity index (χ3v) is 6.37. The minimum absolute atomic E-state index is 0.177. The van der Waals surface area contributed by atoms with Gasteiger partial charge in [-0.1, -0.05) is 6.92 Å². The highest BCUT2D eigenvalue weighted by Crippen LogP contribution is 2.39. The summed E-state index contributed by atoms with van der Waals surface area (Å²) in [5.74, 6) is 0.436. The molecule has 3 aromatic heterocycles. The molecule has 4 rings (SSSR count). The number of rotatable bonds is 5. The Morgan fingerprint density at radius 2 is 2.29 bits per heavy atom. The van der Waals surface area contributed by atoms with Gasteiger partial charge in [0, 0.05) is 11.1 Å². The number of thiophene rings is 1.